The maximum atomic E-state index is 12.2. The molecule has 1 aromatic carbocycles. The van der Waals surface area contributed by atoms with Crippen molar-refractivity contribution in [3.63, 3.8) is 0 Å². The summed E-state index contributed by atoms with van der Waals surface area (Å²) in [4.78, 5) is 12.2. The standard InChI is InChI=1S/C14H20ClNO5/c1-18-11-5-4-10(12(19-2)13(11)20-3)14(17)16-7-9-21-8-6-15/h4-5H,6-9H2,1-3H3,(H,16,17). The summed E-state index contributed by atoms with van der Waals surface area (Å²) in [5.74, 6) is 1.36. The minimum atomic E-state index is -0.276. The lowest BCUT2D eigenvalue weighted by molar-refractivity contribution is 0.0920. The molecule has 7 heteroatoms. The molecule has 0 atom stereocenters. The maximum absolute atomic E-state index is 12.2. The van der Waals surface area contributed by atoms with Crippen molar-refractivity contribution >= 4 is 17.5 Å². The maximum Gasteiger partial charge on any atom is 0.255 e. The summed E-state index contributed by atoms with van der Waals surface area (Å²) >= 11 is 5.49. The number of rotatable bonds is 9. The van der Waals surface area contributed by atoms with Crippen molar-refractivity contribution in [3.8, 4) is 17.2 Å². The third-order valence-electron chi connectivity index (χ3n) is 2.70. The fraction of sp³-hybridized carbons (Fsp3) is 0.500. The zero-order valence-electron chi connectivity index (χ0n) is 12.4. The van der Waals surface area contributed by atoms with Crippen molar-refractivity contribution in [1.29, 1.82) is 0 Å². The monoisotopic (exact) mass is 317 g/mol. The molecule has 0 aromatic heterocycles. The number of amides is 1. The molecule has 0 heterocycles. The highest BCUT2D eigenvalue weighted by molar-refractivity contribution is 6.17. The Hall–Kier alpha value is -1.66. The summed E-state index contributed by atoms with van der Waals surface area (Å²) in [6.07, 6.45) is 0. The molecule has 0 fully saturated rings. The van der Waals surface area contributed by atoms with Crippen LogP contribution in [0.2, 0.25) is 0 Å². The van der Waals surface area contributed by atoms with Gasteiger partial charge in [0.2, 0.25) is 5.75 Å². The highest BCUT2D eigenvalue weighted by atomic mass is 35.5. The van der Waals surface area contributed by atoms with Crippen LogP contribution in [-0.4, -0.2) is 52.9 Å². The zero-order valence-corrected chi connectivity index (χ0v) is 13.2. The van der Waals surface area contributed by atoms with Crippen molar-refractivity contribution in [2.75, 3.05) is 47.0 Å². The van der Waals surface area contributed by atoms with Crippen LogP contribution in [0.4, 0.5) is 0 Å². The number of methoxy groups -OCH3 is 3. The number of carbonyl (C=O) groups is 1. The van der Waals surface area contributed by atoms with E-state index in [1.54, 1.807) is 12.1 Å². The molecule has 0 aliphatic rings. The second-order valence-corrected chi connectivity index (χ2v) is 4.32. The van der Waals surface area contributed by atoms with Crippen LogP contribution in [0.1, 0.15) is 10.4 Å². The SMILES string of the molecule is COc1ccc(C(=O)NCCOCCCl)c(OC)c1OC. The first kappa shape index (κ1) is 17.4. The molecule has 0 saturated carbocycles. The fourth-order valence-electron chi connectivity index (χ4n) is 1.77. The van der Waals surface area contributed by atoms with Crippen molar-refractivity contribution in [1.82, 2.24) is 5.32 Å². The molecular formula is C14H20ClNO5. The van der Waals surface area contributed by atoms with E-state index in [1.165, 1.54) is 21.3 Å². The van der Waals surface area contributed by atoms with Crippen LogP contribution < -0.4 is 19.5 Å². The lowest BCUT2D eigenvalue weighted by Crippen LogP contribution is -2.28. The lowest BCUT2D eigenvalue weighted by Gasteiger charge is -2.15. The van der Waals surface area contributed by atoms with Gasteiger partial charge in [0.15, 0.2) is 11.5 Å². The number of nitrogens with one attached hydrogen (secondary N) is 1. The van der Waals surface area contributed by atoms with Crippen molar-refractivity contribution < 1.29 is 23.7 Å². The molecule has 118 valence electrons. The van der Waals surface area contributed by atoms with Crippen LogP contribution >= 0.6 is 11.6 Å². The Balaban J connectivity index is 2.79. The molecule has 1 amide bonds. The lowest BCUT2D eigenvalue weighted by atomic mass is 10.1. The molecule has 21 heavy (non-hydrogen) atoms. The van der Waals surface area contributed by atoms with E-state index >= 15 is 0 Å². The van der Waals surface area contributed by atoms with Gasteiger partial charge in [-0.25, -0.2) is 0 Å². The van der Waals surface area contributed by atoms with E-state index in [9.17, 15) is 4.79 Å². The Morgan fingerprint density at radius 2 is 1.81 bits per heavy atom. The van der Waals surface area contributed by atoms with Gasteiger partial charge in [-0.05, 0) is 12.1 Å². The Kier molecular flexibility index (Phi) is 7.71. The van der Waals surface area contributed by atoms with Crippen LogP contribution in [0, 0.1) is 0 Å². The number of benzene rings is 1. The predicted octanol–water partition coefficient (Wildman–Crippen LogP) is 1.70. The normalized spacial score (nSPS) is 10.1. The smallest absolute Gasteiger partial charge is 0.255 e. The Labute approximate surface area is 129 Å². The van der Waals surface area contributed by atoms with E-state index in [0.29, 0.717) is 48.5 Å². The second-order valence-electron chi connectivity index (χ2n) is 3.94. The first-order chi connectivity index (χ1) is 10.2. The predicted molar refractivity (Wildman–Crippen MR) is 80.0 cm³/mol. The van der Waals surface area contributed by atoms with Crippen LogP contribution in [0.5, 0.6) is 17.2 Å². The molecule has 0 radical (unpaired) electrons. The quantitative estimate of drug-likeness (QED) is 0.554. The van der Waals surface area contributed by atoms with Gasteiger partial charge < -0.3 is 24.3 Å². The summed E-state index contributed by atoms with van der Waals surface area (Å²) < 4.78 is 20.9. The average molecular weight is 318 g/mol. The summed E-state index contributed by atoms with van der Waals surface area (Å²) in [5, 5.41) is 2.74. The van der Waals surface area contributed by atoms with Crippen molar-refractivity contribution in [3.05, 3.63) is 17.7 Å². The highest BCUT2D eigenvalue weighted by Crippen LogP contribution is 2.39. The molecule has 1 aromatic rings. The van der Waals surface area contributed by atoms with Crippen LogP contribution in [0.25, 0.3) is 0 Å². The van der Waals surface area contributed by atoms with Gasteiger partial charge in [-0.2, -0.15) is 0 Å². The third-order valence-corrected chi connectivity index (χ3v) is 2.86. The van der Waals surface area contributed by atoms with Gasteiger partial charge in [0.05, 0.1) is 40.1 Å². The molecule has 1 N–H and O–H groups in total. The van der Waals surface area contributed by atoms with Crippen molar-refractivity contribution in [2.45, 2.75) is 0 Å². The first-order valence-electron chi connectivity index (χ1n) is 6.40. The molecule has 0 unspecified atom stereocenters. The molecule has 6 nitrogen and oxygen atoms in total. The topological polar surface area (TPSA) is 66.0 Å². The fourth-order valence-corrected chi connectivity index (χ4v) is 1.88. The molecule has 0 bridgehead atoms. The van der Waals surface area contributed by atoms with Crippen LogP contribution in [0.3, 0.4) is 0 Å². The van der Waals surface area contributed by atoms with Gasteiger partial charge in [-0.1, -0.05) is 0 Å². The molecule has 1 rings (SSSR count). The van der Waals surface area contributed by atoms with Gasteiger partial charge in [0.25, 0.3) is 5.91 Å². The zero-order chi connectivity index (χ0) is 15.7. The first-order valence-corrected chi connectivity index (χ1v) is 6.93. The molecule has 0 saturated heterocycles. The second kappa shape index (κ2) is 9.31. The largest absolute Gasteiger partial charge is 0.493 e. The minimum absolute atomic E-state index is 0.276. The minimum Gasteiger partial charge on any atom is -0.493 e. The summed E-state index contributed by atoms with van der Waals surface area (Å²) in [5.41, 5.74) is 0.368. The van der Waals surface area contributed by atoms with Gasteiger partial charge in [0.1, 0.15) is 0 Å². The van der Waals surface area contributed by atoms with Crippen molar-refractivity contribution in [2.24, 2.45) is 0 Å². The van der Waals surface area contributed by atoms with E-state index in [1.807, 2.05) is 0 Å². The van der Waals surface area contributed by atoms with E-state index < -0.39 is 0 Å². The Morgan fingerprint density at radius 3 is 2.38 bits per heavy atom. The highest BCUT2D eigenvalue weighted by Gasteiger charge is 2.20. The van der Waals surface area contributed by atoms with Gasteiger partial charge in [-0.15, -0.1) is 11.6 Å². The number of alkyl halides is 1. The number of ether oxygens (including phenoxy) is 4. The van der Waals surface area contributed by atoms with Gasteiger partial charge >= 0.3 is 0 Å². The van der Waals surface area contributed by atoms with Gasteiger partial charge in [-0.3, -0.25) is 4.79 Å². The Bertz CT molecular complexity index is 467. The van der Waals surface area contributed by atoms with E-state index in [-0.39, 0.29) is 5.91 Å². The van der Waals surface area contributed by atoms with E-state index in [4.69, 9.17) is 30.5 Å². The summed E-state index contributed by atoms with van der Waals surface area (Å²) in [7, 11) is 4.48. The van der Waals surface area contributed by atoms with E-state index in [2.05, 4.69) is 5.32 Å². The summed E-state index contributed by atoms with van der Waals surface area (Å²) in [6, 6.07) is 3.27. The molecule has 0 aliphatic heterocycles. The number of carbonyl (C=O) groups excluding carboxylic acids is 1. The van der Waals surface area contributed by atoms with E-state index in [0.717, 1.165) is 0 Å². The third kappa shape index (κ3) is 4.68. The average Bonchev–Trinajstić information content (AvgIpc) is 2.52. The Morgan fingerprint density at radius 1 is 1.10 bits per heavy atom. The molecular weight excluding hydrogens is 298 g/mol. The van der Waals surface area contributed by atoms with Crippen LogP contribution in [0.15, 0.2) is 12.1 Å². The molecule has 0 spiro atoms. The number of hydrogen-bond acceptors (Lipinski definition) is 5. The summed E-state index contributed by atoms with van der Waals surface area (Å²) in [6.45, 7) is 1.23. The number of hydrogen-bond donors (Lipinski definition) is 1. The van der Waals surface area contributed by atoms with Crippen LogP contribution in [-0.2, 0) is 4.74 Å². The van der Waals surface area contributed by atoms with Gasteiger partial charge in [0, 0.05) is 12.4 Å². The molecule has 0 aliphatic carbocycles. The number of halogens is 1.